The molecule has 4 rings (SSSR count). The lowest BCUT2D eigenvalue weighted by Gasteiger charge is -2.49. The summed E-state index contributed by atoms with van der Waals surface area (Å²) in [5.74, 6) is 0.866. The van der Waals surface area contributed by atoms with Crippen LogP contribution in [0.5, 0.6) is 5.75 Å². The van der Waals surface area contributed by atoms with Crippen molar-refractivity contribution < 1.29 is 14.6 Å². The zero-order chi connectivity index (χ0) is 19.7. The highest BCUT2D eigenvalue weighted by molar-refractivity contribution is 5.94. The van der Waals surface area contributed by atoms with Crippen LogP contribution >= 0.6 is 0 Å². The van der Waals surface area contributed by atoms with Crippen molar-refractivity contribution in [1.82, 2.24) is 9.80 Å². The summed E-state index contributed by atoms with van der Waals surface area (Å²) in [6.45, 7) is 1.67. The van der Waals surface area contributed by atoms with Gasteiger partial charge in [0.1, 0.15) is 5.75 Å². The third kappa shape index (κ3) is 3.19. The molecule has 2 aromatic rings. The SMILES string of the molecule is CN(C)[C@]1(c2ccccc2)CCN(C(=O)c2ccc3c(c2)CCCO3)C[C@H]1O. The van der Waals surface area contributed by atoms with E-state index in [0.29, 0.717) is 25.1 Å². The molecule has 0 radical (unpaired) electrons. The number of carbonyl (C=O) groups is 1. The van der Waals surface area contributed by atoms with Crippen LogP contribution in [0.3, 0.4) is 0 Å². The maximum Gasteiger partial charge on any atom is 0.253 e. The van der Waals surface area contributed by atoms with Crippen molar-refractivity contribution >= 4 is 5.91 Å². The van der Waals surface area contributed by atoms with E-state index in [-0.39, 0.29) is 5.91 Å². The molecule has 0 spiro atoms. The zero-order valence-corrected chi connectivity index (χ0v) is 16.6. The molecule has 5 heteroatoms. The third-order valence-electron chi connectivity index (χ3n) is 6.22. The van der Waals surface area contributed by atoms with E-state index in [1.807, 2.05) is 50.5 Å². The monoisotopic (exact) mass is 380 g/mol. The third-order valence-corrected chi connectivity index (χ3v) is 6.22. The van der Waals surface area contributed by atoms with E-state index in [2.05, 4.69) is 17.0 Å². The number of ether oxygens (including phenoxy) is 1. The van der Waals surface area contributed by atoms with Crippen molar-refractivity contribution in [3.63, 3.8) is 0 Å². The van der Waals surface area contributed by atoms with E-state index >= 15 is 0 Å². The average molecular weight is 380 g/mol. The molecule has 0 aromatic heterocycles. The van der Waals surface area contributed by atoms with Crippen LogP contribution < -0.4 is 4.74 Å². The number of carbonyl (C=O) groups excluding carboxylic acids is 1. The maximum absolute atomic E-state index is 13.1. The Morgan fingerprint density at radius 1 is 1.21 bits per heavy atom. The standard InChI is InChI=1S/C23H28N2O3/c1-24(2)23(19-8-4-3-5-9-19)12-13-25(16-21(23)26)22(27)18-10-11-20-17(15-18)7-6-14-28-20/h3-5,8-11,15,21,26H,6-7,12-14,16H2,1-2H3/t21-,23+/m1/s1. The number of likely N-dealkylation sites (tertiary alicyclic amines) is 1. The number of piperidine rings is 1. The Hall–Kier alpha value is -2.37. The minimum Gasteiger partial charge on any atom is -0.493 e. The Bertz CT molecular complexity index is 852. The second-order valence-corrected chi connectivity index (χ2v) is 7.98. The van der Waals surface area contributed by atoms with Gasteiger partial charge in [-0.2, -0.15) is 0 Å². The number of aryl methyl sites for hydroxylation is 1. The van der Waals surface area contributed by atoms with Gasteiger partial charge in [0.15, 0.2) is 0 Å². The summed E-state index contributed by atoms with van der Waals surface area (Å²) in [6.07, 6.45) is 1.95. The van der Waals surface area contributed by atoms with Crippen molar-refractivity contribution in [2.75, 3.05) is 33.8 Å². The number of nitrogens with zero attached hydrogens (tertiary/aromatic N) is 2. The smallest absolute Gasteiger partial charge is 0.253 e. The minimum absolute atomic E-state index is 0.0205. The molecule has 2 aliphatic heterocycles. The highest BCUT2D eigenvalue weighted by atomic mass is 16.5. The van der Waals surface area contributed by atoms with Crippen LogP contribution in [0.1, 0.15) is 34.3 Å². The summed E-state index contributed by atoms with van der Waals surface area (Å²) >= 11 is 0. The van der Waals surface area contributed by atoms with Crippen LogP contribution in [0.4, 0.5) is 0 Å². The molecule has 2 heterocycles. The summed E-state index contributed by atoms with van der Waals surface area (Å²) in [5.41, 5.74) is 2.38. The Labute approximate surface area is 166 Å². The van der Waals surface area contributed by atoms with Gasteiger partial charge in [0.25, 0.3) is 5.91 Å². The number of hydrogen-bond donors (Lipinski definition) is 1. The van der Waals surface area contributed by atoms with Gasteiger partial charge >= 0.3 is 0 Å². The van der Waals surface area contributed by atoms with Gasteiger partial charge in [-0.25, -0.2) is 0 Å². The Morgan fingerprint density at radius 3 is 2.71 bits per heavy atom. The number of aliphatic hydroxyl groups excluding tert-OH is 1. The van der Waals surface area contributed by atoms with E-state index < -0.39 is 11.6 Å². The van der Waals surface area contributed by atoms with Crippen LogP contribution in [-0.2, 0) is 12.0 Å². The molecular weight excluding hydrogens is 352 g/mol. The first-order chi connectivity index (χ1) is 13.5. The fraction of sp³-hybridized carbons (Fsp3) is 0.435. The van der Waals surface area contributed by atoms with Crippen molar-refractivity contribution in [2.45, 2.75) is 30.9 Å². The molecule has 5 nitrogen and oxygen atoms in total. The quantitative estimate of drug-likeness (QED) is 0.890. The summed E-state index contributed by atoms with van der Waals surface area (Å²) in [5, 5.41) is 11.1. The van der Waals surface area contributed by atoms with Gasteiger partial charge in [-0.05, 0) is 62.7 Å². The number of aliphatic hydroxyl groups is 1. The van der Waals surface area contributed by atoms with Gasteiger partial charge in [-0.15, -0.1) is 0 Å². The van der Waals surface area contributed by atoms with E-state index in [1.165, 1.54) is 0 Å². The van der Waals surface area contributed by atoms with E-state index in [4.69, 9.17) is 4.74 Å². The number of β-amino-alcohol motifs (C(OH)–C–C–N with tert-alkyl or cyclic N) is 1. The predicted octanol–water partition coefficient (Wildman–Crippen LogP) is 2.68. The summed E-state index contributed by atoms with van der Waals surface area (Å²) in [6, 6.07) is 15.8. The molecular formula is C23H28N2O3. The van der Waals surface area contributed by atoms with E-state index in [0.717, 1.165) is 36.3 Å². The van der Waals surface area contributed by atoms with Gasteiger partial charge < -0.3 is 14.7 Å². The number of benzene rings is 2. The molecule has 1 amide bonds. The Balaban J connectivity index is 1.56. The normalized spacial score (nSPS) is 24.6. The van der Waals surface area contributed by atoms with Gasteiger partial charge in [0.2, 0.25) is 0 Å². The molecule has 0 saturated carbocycles. The second kappa shape index (κ2) is 7.57. The number of fused-ring (bicyclic) bond motifs is 1. The number of hydrogen-bond acceptors (Lipinski definition) is 4. The lowest BCUT2D eigenvalue weighted by molar-refractivity contribution is -0.0612. The number of likely N-dealkylation sites (N-methyl/N-ethyl adjacent to an activating group) is 1. The number of amides is 1. The molecule has 1 N–H and O–H groups in total. The first kappa shape index (κ1) is 19.0. The summed E-state index contributed by atoms with van der Waals surface area (Å²) < 4.78 is 5.65. The molecule has 1 saturated heterocycles. The highest BCUT2D eigenvalue weighted by Crippen LogP contribution is 2.38. The first-order valence-corrected chi connectivity index (χ1v) is 9.98. The van der Waals surface area contributed by atoms with Crippen LogP contribution in [0.2, 0.25) is 0 Å². The number of rotatable bonds is 3. The van der Waals surface area contributed by atoms with Gasteiger partial charge in [-0.3, -0.25) is 9.69 Å². The van der Waals surface area contributed by atoms with E-state index in [1.54, 1.807) is 4.90 Å². The van der Waals surface area contributed by atoms with Crippen molar-refractivity contribution in [3.8, 4) is 5.75 Å². The summed E-state index contributed by atoms with van der Waals surface area (Å²) in [4.78, 5) is 17.0. The summed E-state index contributed by atoms with van der Waals surface area (Å²) in [7, 11) is 3.99. The van der Waals surface area contributed by atoms with Crippen molar-refractivity contribution in [1.29, 1.82) is 0 Å². The molecule has 2 aromatic carbocycles. The first-order valence-electron chi connectivity index (χ1n) is 9.98. The van der Waals surface area contributed by atoms with Gasteiger partial charge in [0.05, 0.1) is 18.2 Å². The molecule has 0 unspecified atom stereocenters. The molecule has 1 fully saturated rings. The fourth-order valence-corrected chi connectivity index (χ4v) is 4.63. The van der Waals surface area contributed by atoms with Gasteiger partial charge in [-0.1, -0.05) is 30.3 Å². The molecule has 0 aliphatic carbocycles. The largest absolute Gasteiger partial charge is 0.493 e. The predicted molar refractivity (Wildman–Crippen MR) is 109 cm³/mol. The molecule has 2 aliphatic rings. The van der Waals surface area contributed by atoms with Crippen molar-refractivity contribution in [3.05, 3.63) is 65.2 Å². The van der Waals surface area contributed by atoms with E-state index in [9.17, 15) is 9.90 Å². The average Bonchev–Trinajstić information content (AvgIpc) is 2.73. The molecule has 148 valence electrons. The maximum atomic E-state index is 13.1. The van der Waals surface area contributed by atoms with Crippen LogP contribution in [0.15, 0.2) is 48.5 Å². The molecule has 2 atom stereocenters. The zero-order valence-electron chi connectivity index (χ0n) is 16.6. The fourth-order valence-electron chi connectivity index (χ4n) is 4.63. The highest BCUT2D eigenvalue weighted by Gasteiger charge is 2.46. The molecule has 28 heavy (non-hydrogen) atoms. The van der Waals surface area contributed by atoms with Crippen LogP contribution in [0.25, 0.3) is 0 Å². The molecule has 0 bridgehead atoms. The van der Waals surface area contributed by atoms with Crippen LogP contribution in [-0.4, -0.2) is 60.7 Å². The second-order valence-electron chi connectivity index (χ2n) is 7.98. The topological polar surface area (TPSA) is 53.0 Å². The lowest BCUT2D eigenvalue weighted by atomic mass is 9.77. The Morgan fingerprint density at radius 2 is 2.00 bits per heavy atom. The lowest BCUT2D eigenvalue weighted by Crippen LogP contribution is -2.60. The van der Waals surface area contributed by atoms with Gasteiger partial charge in [0, 0.05) is 18.7 Å². The van der Waals surface area contributed by atoms with Crippen LogP contribution in [0, 0.1) is 0 Å². The van der Waals surface area contributed by atoms with Crippen molar-refractivity contribution in [2.24, 2.45) is 0 Å². The minimum atomic E-state index is -0.663. The Kier molecular flexibility index (Phi) is 5.13.